The molecule has 19 heavy (non-hydrogen) atoms. The van der Waals surface area contributed by atoms with Crippen LogP contribution in [-0.2, 0) is 11.2 Å². The first-order chi connectivity index (χ1) is 8.86. The standard InChI is InChI=1S/C13H15F2NO3/c1-18-9-4-3-8(10(5-9)19-2)6-12(11(16)17)7-13(12,14)15/h3-5H,6-7H2,1-2H3,(H2,16,17). The van der Waals surface area contributed by atoms with Gasteiger partial charge in [0.15, 0.2) is 0 Å². The van der Waals surface area contributed by atoms with E-state index in [1.54, 1.807) is 18.2 Å². The fraction of sp³-hybridized carbons (Fsp3) is 0.462. The number of hydrogen-bond donors (Lipinski definition) is 1. The molecule has 2 N–H and O–H groups in total. The van der Waals surface area contributed by atoms with Crippen molar-refractivity contribution in [3.05, 3.63) is 23.8 Å². The summed E-state index contributed by atoms with van der Waals surface area (Å²) in [6.07, 6.45) is -0.646. The van der Waals surface area contributed by atoms with E-state index in [0.29, 0.717) is 17.1 Å². The van der Waals surface area contributed by atoms with Gasteiger partial charge < -0.3 is 15.2 Å². The van der Waals surface area contributed by atoms with Gasteiger partial charge in [0.2, 0.25) is 5.91 Å². The van der Waals surface area contributed by atoms with Gasteiger partial charge in [-0.15, -0.1) is 0 Å². The second kappa shape index (κ2) is 4.36. The van der Waals surface area contributed by atoms with Gasteiger partial charge in [-0.1, -0.05) is 6.07 Å². The second-order valence-corrected chi connectivity index (χ2v) is 4.68. The van der Waals surface area contributed by atoms with Crippen LogP contribution < -0.4 is 15.2 Å². The van der Waals surface area contributed by atoms with Gasteiger partial charge in [-0.3, -0.25) is 4.79 Å². The normalized spacial score (nSPS) is 23.8. The van der Waals surface area contributed by atoms with Gasteiger partial charge in [0.1, 0.15) is 16.9 Å². The Morgan fingerprint density at radius 3 is 2.42 bits per heavy atom. The van der Waals surface area contributed by atoms with E-state index in [-0.39, 0.29) is 6.42 Å². The monoisotopic (exact) mass is 271 g/mol. The number of amides is 1. The fourth-order valence-electron chi connectivity index (χ4n) is 2.20. The molecule has 0 radical (unpaired) electrons. The van der Waals surface area contributed by atoms with E-state index < -0.39 is 23.7 Å². The van der Waals surface area contributed by atoms with Gasteiger partial charge in [-0.05, 0) is 18.1 Å². The molecule has 4 nitrogen and oxygen atoms in total. The summed E-state index contributed by atoms with van der Waals surface area (Å²) in [5.41, 5.74) is 3.85. The van der Waals surface area contributed by atoms with E-state index in [0.717, 1.165) is 0 Å². The van der Waals surface area contributed by atoms with Crippen molar-refractivity contribution in [3.63, 3.8) is 0 Å². The molecule has 1 amide bonds. The minimum Gasteiger partial charge on any atom is -0.497 e. The molecule has 0 aromatic heterocycles. The van der Waals surface area contributed by atoms with Gasteiger partial charge in [-0.25, -0.2) is 8.78 Å². The van der Waals surface area contributed by atoms with Crippen molar-refractivity contribution in [2.75, 3.05) is 14.2 Å². The zero-order valence-corrected chi connectivity index (χ0v) is 10.7. The van der Waals surface area contributed by atoms with Crippen LogP contribution in [0, 0.1) is 5.41 Å². The first-order valence-corrected chi connectivity index (χ1v) is 5.75. The summed E-state index contributed by atoms with van der Waals surface area (Å²) >= 11 is 0. The minimum absolute atomic E-state index is 0.136. The quantitative estimate of drug-likeness (QED) is 0.887. The van der Waals surface area contributed by atoms with Crippen LogP contribution in [0.25, 0.3) is 0 Å². The summed E-state index contributed by atoms with van der Waals surface area (Å²) < 4.78 is 37.0. The third-order valence-electron chi connectivity index (χ3n) is 3.56. The summed E-state index contributed by atoms with van der Waals surface area (Å²) in [5.74, 6) is -3.06. The van der Waals surface area contributed by atoms with Gasteiger partial charge >= 0.3 is 0 Å². The molecule has 0 aliphatic heterocycles. The molecule has 1 aliphatic carbocycles. The van der Waals surface area contributed by atoms with E-state index in [4.69, 9.17) is 15.2 Å². The number of carbonyl (C=O) groups is 1. The Kier molecular flexibility index (Phi) is 3.12. The lowest BCUT2D eigenvalue weighted by molar-refractivity contribution is -0.126. The Labute approximate surface area is 109 Å². The molecule has 0 spiro atoms. The van der Waals surface area contributed by atoms with Gasteiger partial charge in [0.25, 0.3) is 5.92 Å². The molecule has 1 atom stereocenters. The minimum atomic E-state index is -3.04. The van der Waals surface area contributed by atoms with Crippen LogP contribution in [0.2, 0.25) is 0 Å². The van der Waals surface area contributed by atoms with E-state index in [9.17, 15) is 13.6 Å². The van der Waals surface area contributed by atoms with Crippen molar-refractivity contribution < 1.29 is 23.0 Å². The highest BCUT2D eigenvalue weighted by molar-refractivity contribution is 5.86. The maximum absolute atomic E-state index is 13.4. The number of rotatable bonds is 5. The Morgan fingerprint density at radius 1 is 1.37 bits per heavy atom. The lowest BCUT2D eigenvalue weighted by Crippen LogP contribution is -2.32. The Balaban J connectivity index is 2.31. The van der Waals surface area contributed by atoms with E-state index >= 15 is 0 Å². The molecule has 1 aliphatic rings. The number of halogens is 2. The van der Waals surface area contributed by atoms with Crippen LogP contribution in [0.4, 0.5) is 8.78 Å². The van der Waals surface area contributed by atoms with Crippen molar-refractivity contribution >= 4 is 5.91 Å². The van der Waals surface area contributed by atoms with Crippen molar-refractivity contribution in [3.8, 4) is 11.5 Å². The molecule has 1 saturated carbocycles. The molecule has 0 saturated heterocycles. The third kappa shape index (κ3) is 2.11. The lowest BCUT2D eigenvalue weighted by Gasteiger charge is -2.15. The molecule has 104 valence electrons. The van der Waals surface area contributed by atoms with Gasteiger partial charge in [0.05, 0.1) is 14.2 Å². The number of methoxy groups -OCH3 is 2. The second-order valence-electron chi connectivity index (χ2n) is 4.68. The molecule has 1 unspecified atom stereocenters. The highest BCUT2D eigenvalue weighted by Gasteiger charge is 2.74. The molecule has 1 aromatic carbocycles. The number of ether oxygens (including phenoxy) is 2. The SMILES string of the molecule is COc1ccc(CC2(C(N)=O)CC2(F)F)c(OC)c1. The van der Waals surface area contributed by atoms with E-state index in [2.05, 4.69) is 0 Å². The number of hydrogen-bond acceptors (Lipinski definition) is 3. The van der Waals surface area contributed by atoms with Gasteiger partial charge in [0, 0.05) is 12.5 Å². The van der Waals surface area contributed by atoms with Crippen molar-refractivity contribution in [2.45, 2.75) is 18.8 Å². The number of alkyl halides is 2. The highest BCUT2D eigenvalue weighted by atomic mass is 19.3. The van der Waals surface area contributed by atoms with Crippen molar-refractivity contribution in [1.82, 2.24) is 0 Å². The van der Waals surface area contributed by atoms with Crippen molar-refractivity contribution in [2.24, 2.45) is 11.1 Å². The zero-order chi connectivity index (χ0) is 14.3. The maximum atomic E-state index is 13.4. The molecular weight excluding hydrogens is 256 g/mol. The number of benzene rings is 1. The summed E-state index contributed by atoms with van der Waals surface area (Å²) in [5, 5.41) is 0. The van der Waals surface area contributed by atoms with Crippen LogP contribution in [0.15, 0.2) is 18.2 Å². The van der Waals surface area contributed by atoms with Crippen molar-refractivity contribution in [1.29, 1.82) is 0 Å². The summed E-state index contributed by atoms with van der Waals surface area (Å²) in [6, 6.07) is 4.83. The molecule has 2 rings (SSSR count). The summed E-state index contributed by atoms with van der Waals surface area (Å²) in [7, 11) is 2.93. The maximum Gasteiger partial charge on any atom is 0.264 e. The van der Waals surface area contributed by atoms with Gasteiger partial charge in [-0.2, -0.15) is 0 Å². The molecule has 1 aromatic rings. The molecule has 6 heteroatoms. The van der Waals surface area contributed by atoms with Crippen LogP contribution in [0.1, 0.15) is 12.0 Å². The predicted octanol–water partition coefficient (Wildman–Crippen LogP) is 1.76. The third-order valence-corrected chi connectivity index (χ3v) is 3.56. The van der Waals surface area contributed by atoms with Crippen LogP contribution in [0.5, 0.6) is 11.5 Å². The predicted molar refractivity (Wildman–Crippen MR) is 64.4 cm³/mol. The Hall–Kier alpha value is -1.85. The Morgan fingerprint density at radius 2 is 2.00 bits per heavy atom. The van der Waals surface area contributed by atoms with Crippen LogP contribution in [0.3, 0.4) is 0 Å². The number of carbonyl (C=O) groups excluding carboxylic acids is 1. The number of nitrogens with two attached hydrogens (primary N) is 1. The molecule has 1 fully saturated rings. The average Bonchev–Trinajstić information content (AvgIpc) is 2.93. The smallest absolute Gasteiger partial charge is 0.264 e. The van der Waals surface area contributed by atoms with E-state index in [1.165, 1.54) is 14.2 Å². The first kappa shape index (κ1) is 13.6. The number of primary amides is 1. The first-order valence-electron chi connectivity index (χ1n) is 5.75. The summed E-state index contributed by atoms with van der Waals surface area (Å²) in [6.45, 7) is 0. The zero-order valence-electron chi connectivity index (χ0n) is 10.7. The topological polar surface area (TPSA) is 61.5 Å². The highest BCUT2D eigenvalue weighted by Crippen LogP contribution is 2.62. The summed E-state index contributed by atoms with van der Waals surface area (Å²) in [4.78, 5) is 11.3. The Bertz CT molecular complexity index is 519. The molecule has 0 bridgehead atoms. The van der Waals surface area contributed by atoms with Crippen LogP contribution >= 0.6 is 0 Å². The van der Waals surface area contributed by atoms with Crippen LogP contribution in [-0.4, -0.2) is 26.0 Å². The molecule has 0 heterocycles. The van der Waals surface area contributed by atoms with E-state index in [1.807, 2.05) is 0 Å². The average molecular weight is 271 g/mol. The fourth-order valence-corrected chi connectivity index (χ4v) is 2.20. The molecular formula is C13H15F2NO3. The lowest BCUT2D eigenvalue weighted by atomic mass is 9.94. The largest absolute Gasteiger partial charge is 0.497 e.